The van der Waals surface area contributed by atoms with Crippen molar-refractivity contribution in [1.29, 1.82) is 0 Å². The quantitative estimate of drug-likeness (QED) is 0.795. The number of fused-ring (bicyclic) bond motifs is 1. The van der Waals surface area contributed by atoms with Crippen LogP contribution in [0.4, 0.5) is 11.4 Å². The first-order valence-electron chi connectivity index (χ1n) is 8.12. The molecule has 1 aliphatic heterocycles. The number of hydrogen-bond donors (Lipinski definition) is 2. The molecule has 0 bridgehead atoms. The molecule has 0 spiro atoms. The Hall–Kier alpha value is -2.38. The normalized spacial score (nSPS) is 13.7. The van der Waals surface area contributed by atoms with Crippen LogP contribution in [0, 0.1) is 0 Å². The number of nitrogens with zero attached hydrogens (tertiary/aromatic N) is 1. The lowest BCUT2D eigenvalue weighted by Gasteiger charge is -2.16. The molecule has 3 rings (SSSR count). The van der Waals surface area contributed by atoms with Crippen LogP contribution in [-0.2, 0) is 27.7 Å². The predicted octanol–water partition coefficient (Wildman–Crippen LogP) is 1.70. The van der Waals surface area contributed by atoms with Crippen molar-refractivity contribution in [2.24, 2.45) is 0 Å². The van der Waals surface area contributed by atoms with E-state index in [4.69, 9.17) is 5.73 Å². The van der Waals surface area contributed by atoms with Gasteiger partial charge < -0.3 is 10.6 Å². The molecule has 0 radical (unpaired) electrons. The van der Waals surface area contributed by atoms with Crippen molar-refractivity contribution in [2.75, 3.05) is 23.7 Å². The maximum Gasteiger partial charge on any atom is 0.240 e. The summed E-state index contributed by atoms with van der Waals surface area (Å²) in [6, 6.07) is 12.3. The highest BCUT2D eigenvalue weighted by atomic mass is 32.2. The summed E-state index contributed by atoms with van der Waals surface area (Å²) in [6.45, 7) is 2.37. The van der Waals surface area contributed by atoms with Crippen LogP contribution in [0.15, 0.2) is 47.4 Å². The summed E-state index contributed by atoms with van der Waals surface area (Å²) < 4.78 is 27.6. The van der Waals surface area contributed by atoms with Gasteiger partial charge in [-0.2, -0.15) is 0 Å². The van der Waals surface area contributed by atoms with E-state index in [1.165, 1.54) is 6.92 Å². The van der Waals surface area contributed by atoms with Crippen molar-refractivity contribution < 1.29 is 13.2 Å². The van der Waals surface area contributed by atoms with Crippen LogP contribution >= 0.6 is 0 Å². The van der Waals surface area contributed by atoms with Crippen molar-refractivity contribution in [2.45, 2.75) is 24.7 Å². The van der Waals surface area contributed by atoms with E-state index < -0.39 is 10.0 Å². The van der Waals surface area contributed by atoms with Crippen LogP contribution in [0.25, 0.3) is 0 Å². The van der Waals surface area contributed by atoms with Crippen molar-refractivity contribution in [1.82, 2.24) is 4.72 Å². The van der Waals surface area contributed by atoms with Gasteiger partial charge in [0.2, 0.25) is 15.9 Å². The van der Waals surface area contributed by atoms with Gasteiger partial charge in [-0.15, -0.1) is 0 Å². The van der Waals surface area contributed by atoms with E-state index in [-0.39, 0.29) is 10.8 Å². The smallest absolute Gasteiger partial charge is 0.240 e. The first-order valence-corrected chi connectivity index (χ1v) is 9.60. The number of benzene rings is 2. The molecule has 6 nitrogen and oxygen atoms in total. The van der Waals surface area contributed by atoms with Gasteiger partial charge in [-0.05, 0) is 48.2 Å². The van der Waals surface area contributed by atoms with Crippen LogP contribution in [0.2, 0.25) is 0 Å². The summed E-state index contributed by atoms with van der Waals surface area (Å²) in [5.74, 6) is -0.0791. The lowest BCUT2D eigenvalue weighted by Crippen LogP contribution is -2.27. The molecule has 132 valence electrons. The molecule has 0 aromatic heterocycles. The fraction of sp³-hybridized carbons (Fsp3) is 0.278. The second-order valence-electron chi connectivity index (χ2n) is 6.10. The minimum atomic E-state index is -3.62. The minimum Gasteiger partial charge on any atom is -0.399 e. The molecule has 0 saturated carbocycles. The van der Waals surface area contributed by atoms with Crippen LogP contribution < -0.4 is 15.4 Å². The molecule has 2 aromatic carbocycles. The summed E-state index contributed by atoms with van der Waals surface area (Å²) in [5.41, 5.74) is 9.01. The Bertz CT molecular complexity index is 892. The summed E-state index contributed by atoms with van der Waals surface area (Å²) in [5, 5.41) is 0. The lowest BCUT2D eigenvalue weighted by molar-refractivity contribution is -0.116. The highest BCUT2D eigenvalue weighted by Gasteiger charge is 2.24. The van der Waals surface area contributed by atoms with E-state index >= 15 is 0 Å². The Morgan fingerprint density at radius 2 is 1.92 bits per heavy atom. The van der Waals surface area contributed by atoms with E-state index in [1.807, 2.05) is 12.1 Å². The molecule has 1 heterocycles. The highest BCUT2D eigenvalue weighted by Crippen LogP contribution is 2.30. The molecule has 0 atom stereocenters. The van der Waals surface area contributed by atoms with Gasteiger partial charge in [-0.1, -0.05) is 18.2 Å². The third kappa shape index (κ3) is 3.83. The number of nitrogens with two attached hydrogens (primary N) is 1. The highest BCUT2D eigenvalue weighted by molar-refractivity contribution is 7.89. The zero-order chi connectivity index (χ0) is 18.0. The number of carbonyl (C=O) groups is 1. The van der Waals surface area contributed by atoms with Gasteiger partial charge >= 0.3 is 0 Å². The van der Waals surface area contributed by atoms with Crippen LogP contribution in [0.1, 0.15) is 18.1 Å². The fourth-order valence-corrected chi connectivity index (χ4v) is 4.00. The number of nitrogen functional groups attached to an aromatic ring is 1. The van der Waals surface area contributed by atoms with Gasteiger partial charge in [0.15, 0.2) is 0 Å². The van der Waals surface area contributed by atoms with Crippen LogP contribution in [0.3, 0.4) is 0 Å². The molecule has 3 N–H and O–H groups in total. The standard InChI is InChI=1S/C18H21N3O3S/c1-13(22)21-11-9-15-4-7-17(12-18(15)21)25(23,24)20-10-8-14-2-5-16(19)6-3-14/h2-7,12,20H,8-11,19H2,1H3. The van der Waals surface area contributed by atoms with Crippen LogP contribution in [-0.4, -0.2) is 27.4 Å². The van der Waals surface area contributed by atoms with E-state index in [0.29, 0.717) is 30.9 Å². The summed E-state index contributed by atoms with van der Waals surface area (Å²) in [6.07, 6.45) is 1.32. The summed E-state index contributed by atoms with van der Waals surface area (Å²) in [4.78, 5) is 13.5. The molecule has 0 unspecified atom stereocenters. The molecule has 1 amide bonds. The second kappa shape index (κ2) is 6.85. The van der Waals surface area contributed by atoms with Crippen molar-refractivity contribution >= 4 is 27.3 Å². The first kappa shape index (κ1) is 17.4. The zero-order valence-corrected chi connectivity index (χ0v) is 14.8. The molecule has 0 fully saturated rings. The molecule has 0 aliphatic carbocycles. The lowest BCUT2D eigenvalue weighted by atomic mass is 10.1. The van der Waals surface area contributed by atoms with Gasteiger partial charge in [0, 0.05) is 31.4 Å². The van der Waals surface area contributed by atoms with Crippen molar-refractivity contribution in [3.63, 3.8) is 0 Å². The van der Waals surface area contributed by atoms with E-state index in [1.54, 1.807) is 35.2 Å². The number of rotatable bonds is 5. The third-order valence-electron chi connectivity index (χ3n) is 4.33. The van der Waals surface area contributed by atoms with Crippen LogP contribution in [0.5, 0.6) is 0 Å². The molecule has 1 aliphatic rings. The Balaban J connectivity index is 1.71. The van der Waals surface area contributed by atoms with E-state index in [2.05, 4.69) is 4.72 Å². The first-order chi connectivity index (χ1) is 11.9. The number of hydrogen-bond acceptors (Lipinski definition) is 4. The van der Waals surface area contributed by atoms with Gasteiger partial charge in [0.25, 0.3) is 0 Å². The maximum atomic E-state index is 12.5. The Morgan fingerprint density at radius 3 is 2.60 bits per heavy atom. The SMILES string of the molecule is CC(=O)N1CCc2ccc(S(=O)(=O)NCCc3ccc(N)cc3)cc21. The van der Waals surface area contributed by atoms with Gasteiger partial charge in [-0.3, -0.25) is 4.79 Å². The molecule has 2 aromatic rings. The summed E-state index contributed by atoms with van der Waals surface area (Å²) in [7, 11) is -3.62. The minimum absolute atomic E-state index is 0.0791. The number of sulfonamides is 1. The summed E-state index contributed by atoms with van der Waals surface area (Å²) >= 11 is 0. The second-order valence-corrected chi connectivity index (χ2v) is 7.87. The molecule has 7 heteroatoms. The predicted molar refractivity (Wildman–Crippen MR) is 97.9 cm³/mol. The van der Waals surface area contributed by atoms with E-state index in [0.717, 1.165) is 17.5 Å². The molecular formula is C18H21N3O3S. The number of carbonyl (C=O) groups excluding carboxylic acids is 1. The van der Waals surface area contributed by atoms with Gasteiger partial charge in [0.05, 0.1) is 4.90 Å². The Morgan fingerprint density at radius 1 is 1.20 bits per heavy atom. The van der Waals surface area contributed by atoms with Gasteiger partial charge in [-0.25, -0.2) is 13.1 Å². The largest absolute Gasteiger partial charge is 0.399 e. The van der Waals surface area contributed by atoms with E-state index in [9.17, 15) is 13.2 Å². The molecule has 0 saturated heterocycles. The third-order valence-corrected chi connectivity index (χ3v) is 5.79. The number of nitrogens with one attached hydrogen (secondary N) is 1. The van der Waals surface area contributed by atoms with Gasteiger partial charge in [0.1, 0.15) is 0 Å². The molecule has 25 heavy (non-hydrogen) atoms. The average molecular weight is 359 g/mol. The molecular weight excluding hydrogens is 338 g/mol. The van der Waals surface area contributed by atoms with Crippen molar-refractivity contribution in [3.05, 3.63) is 53.6 Å². The maximum absolute atomic E-state index is 12.5. The fourth-order valence-electron chi connectivity index (χ4n) is 2.95. The Kier molecular flexibility index (Phi) is 4.78. The average Bonchev–Trinajstić information content (AvgIpc) is 3.00. The topological polar surface area (TPSA) is 92.5 Å². The zero-order valence-electron chi connectivity index (χ0n) is 14.0. The monoisotopic (exact) mass is 359 g/mol. The number of amides is 1. The Labute approximate surface area is 147 Å². The number of anilines is 2. The van der Waals surface area contributed by atoms with Crippen molar-refractivity contribution in [3.8, 4) is 0 Å².